The van der Waals surface area contributed by atoms with Crippen molar-refractivity contribution < 1.29 is 4.79 Å². The smallest absolute Gasteiger partial charge is 0.227 e. The Morgan fingerprint density at radius 1 is 1.42 bits per heavy atom. The molecule has 2 rings (SSSR count). The van der Waals surface area contributed by atoms with Gasteiger partial charge >= 0.3 is 0 Å². The summed E-state index contributed by atoms with van der Waals surface area (Å²) >= 11 is 7.15. The van der Waals surface area contributed by atoms with Crippen molar-refractivity contribution in [3.8, 4) is 0 Å². The summed E-state index contributed by atoms with van der Waals surface area (Å²) in [5.74, 6) is 0.375. The third-order valence-electron chi connectivity index (χ3n) is 2.79. The minimum atomic E-state index is -0.0151. The van der Waals surface area contributed by atoms with Crippen LogP contribution in [0.3, 0.4) is 0 Å². The van der Waals surface area contributed by atoms with E-state index in [9.17, 15) is 4.79 Å². The summed E-state index contributed by atoms with van der Waals surface area (Å²) in [4.78, 5) is 16.1. The van der Waals surface area contributed by atoms with Crippen molar-refractivity contribution in [3.05, 3.63) is 51.5 Å². The molecule has 2 aromatic rings. The summed E-state index contributed by atoms with van der Waals surface area (Å²) in [6.07, 6.45) is 0.313. The molecule has 0 aliphatic heterocycles. The van der Waals surface area contributed by atoms with Crippen molar-refractivity contribution in [3.63, 3.8) is 0 Å². The minimum Gasteiger partial charge on any atom is -0.352 e. The molecule has 3 nitrogen and oxygen atoms in total. The molecule has 0 bridgehead atoms. The van der Waals surface area contributed by atoms with Crippen LogP contribution in [0, 0.1) is 6.92 Å². The lowest BCUT2D eigenvalue weighted by atomic mass is 10.1. The van der Waals surface area contributed by atoms with Gasteiger partial charge in [-0.3, -0.25) is 4.79 Å². The Morgan fingerprint density at radius 2 is 2.21 bits per heavy atom. The molecule has 0 fully saturated rings. The highest BCUT2D eigenvalue weighted by molar-refractivity contribution is 7.09. The topological polar surface area (TPSA) is 42.0 Å². The monoisotopic (exact) mass is 294 g/mol. The molecule has 0 spiro atoms. The molecule has 19 heavy (non-hydrogen) atoms. The number of amides is 1. The van der Waals surface area contributed by atoms with E-state index in [0.29, 0.717) is 18.8 Å². The second-order valence-corrected chi connectivity index (χ2v) is 5.46. The van der Waals surface area contributed by atoms with E-state index in [4.69, 9.17) is 11.6 Å². The number of hydrogen-bond donors (Lipinski definition) is 1. The molecule has 1 aromatic carbocycles. The Bertz CT molecular complexity index is 568. The highest BCUT2D eigenvalue weighted by atomic mass is 35.5. The van der Waals surface area contributed by atoms with E-state index in [-0.39, 0.29) is 5.91 Å². The van der Waals surface area contributed by atoms with Crippen molar-refractivity contribution in [2.24, 2.45) is 0 Å². The summed E-state index contributed by atoms with van der Waals surface area (Å²) < 4.78 is 0. The van der Waals surface area contributed by atoms with Gasteiger partial charge in [0.05, 0.1) is 18.0 Å². The number of aryl methyl sites for hydroxylation is 1. The first-order chi connectivity index (χ1) is 9.19. The van der Waals surface area contributed by atoms with Crippen LogP contribution < -0.4 is 5.32 Å². The first kappa shape index (κ1) is 14.0. The third-order valence-corrected chi connectivity index (χ3v) is 3.96. The van der Waals surface area contributed by atoms with Crippen LogP contribution in [0.25, 0.3) is 0 Å². The molecular weight excluding hydrogens is 280 g/mol. The number of rotatable bonds is 5. The SMILES string of the molecule is Cc1ccccc1CNC(=O)Cc1nc(CCl)cs1. The fourth-order valence-electron chi connectivity index (χ4n) is 1.69. The van der Waals surface area contributed by atoms with Gasteiger partial charge < -0.3 is 5.32 Å². The number of nitrogens with zero attached hydrogens (tertiary/aromatic N) is 1. The Balaban J connectivity index is 1.86. The van der Waals surface area contributed by atoms with Crippen LogP contribution >= 0.6 is 22.9 Å². The van der Waals surface area contributed by atoms with Gasteiger partial charge in [0, 0.05) is 11.9 Å². The van der Waals surface area contributed by atoms with Crippen molar-refractivity contribution in [2.75, 3.05) is 0 Å². The zero-order chi connectivity index (χ0) is 13.7. The number of thiazole rings is 1. The lowest BCUT2D eigenvalue weighted by molar-refractivity contribution is -0.120. The third kappa shape index (κ3) is 4.04. The summed E-state index contributed by atoms with van der Waals surface area (Å²) in [6, 6.07) is 8.02. The van der Waals surface area contributed by atoms with Crippen molar-refractivity contribution in [2.45, 2.75) is 25.8 Å². The molecule has 0 unspecified atom stereocenters. The normalized spacial score (nSPS) is 10.4. The van der Waals surface area contributed by atoms with Gasteiger partial charge in [0.1, 0.15) is 5.01 Å². The number of benzene rings is 1. The number of nitrogens with one attached hydrogen (secondary N) is 1. The van der Waals surface area contributed by atoms with Gasteiger partial charge in [-0.15, -0.1) is 22.9 Å². The number of halogens is 1. The molecular formula is C14H15ClN2OS. The molecule has 1 aromatic heterocycles. The number of carbonyl (C=O) groups excluding carboxylic acids is 1. The number of alkyl halides is 1. The first-order valence-electron chi connectivity index (χ1n) is 5.99. The van der Waals surface area contributed by atoms with Crippen LogP contribution in [0.5, 0.6) is 0 Å². The summed E-state index contributed by atoms with van der Waals surface area (Å²) in [5.41, 5.74) is 3.14. The molecule has 0 radical (unpaired) electrons. The molecule has 100 valence electrons. The van der Waals surface area contributed by atoms with Crippen molar-refractivity contribution in [1.82, 2.24) is 10.3 Å². The molecule has 0 atom stereocenters. The number of aromatic nitrogens is 1. The Morgan fingerprint density at radius 3 is 2.89 bits per heavy atom. The van der Waals surface area contributed by atoms with Crippen LogP contribution in [0.2, 0.25) is 0 Å². The van der Waals surface area contributed by atoms with Crippen LogP contribution in [-0.4, -0.2) is 10.9 Å². The van der Waals surface area contributed by atoms with Crippen molar-refractivity contribution >= 4 is 28.8 Å². The van der Waals surface area contributed by atoms with E-state index in [2.05, 4.69) is 10.3 Å². The van der Waals surface area contributed by atoms with Crippen LogP contribution in [0.4, 0.5) is 0 Å². The minimum absolute atomic E-state index is 0.0151. The van der Waals surface area contributed by atoms with Gasteiger partial charge in [0.15, 0.2) is 0 Å². The summed E-state index contributed by atoms with van der Waals surface area (Å²) in [5, 5.41) is 5.60. The molecule has 1 heterocycles. The molecule has 1 amide bonds. The van der Waals surface area contributed by atoms with Gasteiger partial charge in [-0.1, -0.05) is 24.3 Å². The van der Waals surface area contributed by atoms with Crippen LogP contribution in [0.1, 0.15) is 21.8 Å². The number of hydrogen-bond acceptors (Lipinski definition) is 3. The van der Waals surface area contributed by atoms with E-state index in [0.717, 1.165) is 16.3 Å². The lowest BCUT2D eigenvalue weighted by Crippen LogP contribution is -2.24. The second-order valence-electron chi connectivity index (χ2n) is 4.25. The average Bonchev–Trinajstić information content (AvgIpc) is 2.85. The highest BCUT2D eigenvalue weighted by Crippen LogP contribution is 2.12. The lowest BCUT2D eigenvalue weighted by Gasteiger charge is -2.06. The molecule has 0 saturated heterocycles. The fraction of sp³-hybridized carbons (Fsp3) is 0.286. The quantitative estimate of drug-likeness (QED) is 0.861. The Labute approximate surface area is 121 Å². The van der Waals surface area contributed by atoms with E-state index in [1.54, 1.807) is 0 Å². The standard InChI is InChI=1S/C14H15ClN2OS/c1-10-4-2-3-5-11(10)8-16-13(18)6-14-17-12(7-15)9-19-14/h2-5,9H,6-8H2,1H3,(H,16,18). The Hall–Kier alpha value is -1.39. The van der Waals surface area contributed by atoms with Gasteiger partial charge in [-0.05, 0) is 18.1 Å². The first-order valence-corrected chi connectivity index (χ1v) is 7.41. The fourth-order valence-corrected chi connectivity index (χ4v) is 2.71. The molecule has 5 heteroatoms. The van der Waals surface area contributed by atoms with Crippen molar-refractivity contribution in [1.29, 1.82) is 0 Å². The van der Waals surface area contributed by atoms with Gasteiger partial charge in [0.2, 0.25) is 5.91 Å². The van der Waals surface area contributed by atoms with E-state index >= 15 is 0 Å². The highest BCUT2D eigenvalue weighted by Gasteiger charge is 2.08. The average molecular weight is 295 g/mol. The predicted octanol–water partition coefficient (Wildman–Crippen LogP) is 3.05. The van der Waals surface area contributed by atoms with Gasteiger partial charge in [0.25, 0.3) is 0 Å². The van der Waals surface area contributed by atoms with Gasteiger partial charge in [-0.25, -0.2) is 4.98 Å². The maximum absolute atomic E-state index is 11.8. The zero-order valence-electron chi connectivity index (χ0n) is 10.6. The summed E-state index contributed by atoms with van der Waals surface area (Å²) in [7, 11) is 0. The second kappa shape index (κ2) is 6.68. The molecule has 0 aliphatic rings. The largest absolute Gasteiger partial charge is 0.352 e. The predicted molar refractivity (Wildman–Crippen MR) is 78.4 cm³/mol. The van der Waals surface area contributed by atoms with E-state index in [1.807, 2.05) is 36.6 Å². The van der Waals surface area contributed by atoms with Gasteiger partial charge in [-0.2, -0.15) is 0 Å². The molecule has 0 aliphatic carbocycles. The number of carbonyl (C=O) groups is 1. The Kier molecular flexibility index (Phi) is 4.93. The van der Waals surface area contributed by atoms with Crippen LogP contribution in [0.15, 0.2) is 29.6 Å². The maximum atomic E-state index is 11.8. The van der Waals surface area contributed by atoms with Crippen LogP contribution in [-0.2, 0) is 23.6 Å². The molecule has 1 N–H and O–H groups in total. The van der Waals surface area contributed by atoms with E-state index in [1.165, 1.54) is 16.9 Å². The summed E-state index contributed by atoms with van der Waals surface area (Å²) in [6.45, 7) is 2.59. The zero-order valence-corrected chi connectivity index (χ0v) is 12.2. The maximum Gasteiger partial charge on any atom is 0.227 e. The van der Waals surface area contributed by atoms with E-state index < -0.39 is 0 Å². The molecule has 0 saturated carbocycles.